The van der Waals surface area contributed by atoms with Gasteiger partial charge in [0, 0.05) is 29.0 Å². The molecule has 4 nitrogen and oxygen atoms in total. The Hall–Kier alpha value is -3.08. The maximum absolute atomic E-state index is 12.8. The molecular formula is C29H35FO4. The van der Waals surface area contributed by atoms with Crippen LogP contribution >= 0.6 is 0 Å². The van der Waals surface area contributed by atoms with Gasteiger partial charge < -0.3 is 13.9 Å². The number of hydrogen-bond acceptors (Lipinski definition) is 4. The van der Waals surface area contributed by atoms with Crippen molar-refractivity contribution in [1.29, 1.82) is 0 Å². The highest BCUT2D eigenvalue weighted by Gasteiger charge is 2.21. The maximum atomic E-state index is 12.8. The summed E-state index contributed by atoms with van der Waals surface area (Å²) in [6.45, 7) is 12.4. The van der Waals surface area contributed by atoms with Crippen LogP contribution in [0.3, 0.4) is 0 Å². The van der Waals surface area contributed by atoms with Crippen LogP contribution in [0.2, 0.25) is 0 Å². The first kappa shape index (κ1) is 25.5. The molecular weight excluding hydrogens is 431 g/mol. The number of furan rings is 1. The van der Waals surface area contributed by atoms with E-state index in [1.54, 1.807) is 6.92 Å². The average Bonchev–Trinajstić information content (AvgIpc) is 3.23. The van der Waals surface area contributed by atoms with Crippen LogP contribution in [0.1, 0.15) is 76.7 Å². The van der Waals surface area contributed by atoms with Gasteiger partial charge in [0.25, 0.3) is 0 Å². The van der Waals surface area contributed by atoms with Gasteiger partial charge >= 0.3 is 5.97 Å². The van der Waals surface area contributed by atoms with E-state index in [2.05, 4.69) is 39.8 Å². The van der Waals surface area contributed by atoms with Gasteiger partial charge in [-0.05, 0) is 54.5 Å². The third kappa shape index (κ3) is 5.69. The molecule has 0 fully saturated rings. The Kier molecular flexibility index (Phi) is 8.54. The third-order valence-corrected chi connectivity index (χ3v) is 5.80. The zero-order valence-corrected chi connectivity index (χ0v) is 21.0. The van der Waals surface area contributed by atoms with Gasteiger partial charge in [-0.15, -0.1) is 0 Å². The van der Waals surface area contributed by atoms with Crippen LogP contribution in [0.25, 0.3) is 27.7 Å². The zero-order chi connectivity index (χ0) is 24.8. The van der Waals surface area contributed by atoms with Gasteiger partial charge in [-0.3, -0.25) is 4.39 Å². The summed E-state index contributed by atoms with van der Waals surface area (Å²) in [5.41, 5.74) is 5.57. The molecule has 182 valence electrons. The molecule has 2 aromatic carbocycles. The minimum absolute atomic E-state index is 0.235. The smallest absolute Gasteiger partial charge is 0.331 e. The molecule has 0 unspecified atom stereocenters. The third-order valence-electron chi connectivity index (χ3n) is 5.80. The first-order valence-electron chi connectivity index (χ1n) is 12.0. The summed E-state index contributed by atoms with van der Waals surface area (Å²) >= 11 is 0. The van der Waals surface area contributed by atoms with Crippen molar-refractivity contribution in [3.05, 3.63) is 59.4 Å². The number of alkyl halides is 1. The number of allylic oxidation sites excluding steroid dienone is 1. The first-order valence-corrected chi connectivity index (χ1v) is 12.0. The molecule has 34 heavy (non-hydrogen) atoms. The molecule has 0 bridgehead atoms. The van der Waals surface area contributed by atoms with Crippen molar-refractivity contribution in [3.63, 3.8) is 0 Å². The lowest BCUT2D eigenvalue weighted by atomic mass is 9.89. The van der Waals surface area contributed by atoms with Crippen molar-refractivity contribution in [2.75, 3.05) is 19.9 Å². The molecule has 0 spiro atoms. The Labute approximate surface area is 201 Å². The van der Waals surface area contributed by atoms with E-state index in [0.29, 0.717) is 36.9 Å². The highest BCUT2D eigenvalue weighted by atomic mass is 19.1. The Morgan fingerprint density at radius 3 is 2.50 bits per heavy atom. The SMILES string of the molecule is CCOC(=O)/C=C(\C)c1cc2cccc(-c3cc(C(C)C)cc(C(C)C)c3OCCCF)c2o1. The highest BCUT2D eigenvalue weighted by Crippen LogP contribution is 2.43. The second-order valence-corrected chi connectivity index (χ2v) is 9.10. The number of rotatable bonds is 10. The van der Waals surface area contributed by atoms with E-state index in [1.165, 1.54) is 11.6 Å². The largest absolute Gasteiger partial charge is 0.493 e. The molecule has 3 aromatic rings. The number of carbonyl (C=O) groups is 1. The van der Waals surface area contributed by atoms with Crippen LogP contribution in [0, 0.1) is 0 Å². The predicted molar refractivity (Wildman–Crippen MR) is 136 cm³/mol. The molecule has 0 N–H and O–H groups in total. The summed E-state index contributed by atoms with van der Waals surface area (Å²) in [5, 5.41) is 0.930. The fourth-order valence-corrected chi connectivity index (χ4v) is 3.93. The van der Waals surface area contributed by atoms with Crippen LogP contribution in [-0.2, 0) is 9.53 Å². The number of para-hydroxylation sites is 1. The van der Waals surface area contributed by atoms with E-state index in [0.717, 1.165) is 33.4 Å². The summed E-state index contributed by atoms with van der Waals surface area (Å²) < 4.78 is 30.3. The lowest BCUT2D eigenvalue weighted by Crippen LogP contribution is -2.05. The molecule has 0 aliphatic carbocycles. The molecule has 1 heterocycles. The number of benzene rings is 2. The highest BCUT2D eigenvalue weighted by molar-refractivity contribution is 5.97. The van der Waals surface area contributed by atoms with Crippen LogP contribution in [-0.4, -0.2) is 25.9 Å². The van der Waals surface area contributed by atoms with E-state index in [-0.39, 0.29) is 5.92 Å². The Morgan fingerprint density at radius 1 is 1.09 bits per heavy atom. The number of fused-ring (bicyclic) bond motifs is 1. The summed E-state index contributed by atoms with van der Waals surface area (Å²) in [6, 6.07) is 12.3. The van der Waals surface area contributed by atoms with E-state index in [9.17, 15) is 9.18 Å². The monoisotopic (exact) mass is 466 g/mol. The summed E-state index contributed by atoms with van der Waals surface area (Å²) in [6.07, 6.45) is 1.79. The fourth-order valence-electron chi connectivity index (χ4n) is 3.93. The summed E-state index contributed by atoms with van der Waals surface area (Å²) in [7, 11) is 0. The van der Waals surface area contributed by atoms with E-state index >= 15 is 0 Å². The number of halogens is 1. The van der Waals surface area contributed by atoms with E-state index < -0.39 is 12.6 Å². The number of carbonyl (C=O) groups excluding carboxylic acids is 1. The molecule has 0 aliphatic rings. The minimum atomic E-state index is -0.417. The second kappa shape index (κ2) is 11.4. The number of esters is 1. The van der Waals surface area contributed by atoms with Gasteiger partial charge in [0.05, 0.1) is 19.9 Å². The van der Waals surface area contributed by atoms with Crippen molar-refractivity contribution >= 4 is 22.5 Å². The lowest BCUT2D eigenvalue weighted by molar-refractivity contribution is -0.137. The maximum Gasteiger partial charge on any atom is 0.331 e. The van der Waals surface area contributed by atoms with Gasteiger partial charge in [0.2, 0.25) is 0 Å². The average molecular weight is 467 g/mol. The van der Waals surface area contributed by atoms with Gasteiger partial charge in [-0.2, -0.15) is 0 Å². The standard InChI is InChI=1S/C29H35FO4/c1-7-32-27(31)14-20(6)26-17-21-10-8-11-23(28(21)34-26)25-16-22(18(2)3)15-24(19(4)5)29(25)33-13-9-12-30/h8,10-11,14-19H,7,9,12-13H2,1-6H3/b20-14+. The van der Waals surface area contributed by atoms with Crippen molar-refractivity contribution in [2.45, 2.75) is 59.8 Å². The Balaban J connectivity index is 2.21. The van der Waals surface area contributed by atoms with E-state index in [4.69, 9.17) is 13.9 Å². The van der Waals surface area contributed by atoms with Crippen molar-refractivity contribution < 1.29 is 23.1 Å². The Morgan fingerprint density at radius 2 is 1.85 bits per heavy atom. The lowest BCUT2D eigenvalue weighted by Gasteiger charge is -2.21. The van der Waals surface area contributed by atoms with Crippen LogP contribution < -0.4 is 4.74 Å². The number of hydrogen-bond donors (Lipinski definition) is 0. The van der Waals surface area contributed by atoms with Crippen molar-refractivity contribution in [1.82, 2.24) is 0 Å². The quantitative estimate of drug-likeness (QED) is 0.172. The summed E-state index contributed by atoms with van der Waals surface area (Å²) in [5.74, 6) is 1.56. The second-order valence-electron chi connectivity index (χ2n) is 9.10. The molecule has 0 saturated heterocycles. The first-order chi connectivity index (χ1) is 16.3. The van der Waals surface area contributed by atoms with Gasteiger partial charge in [-0.25, -0.2) is 4.79 Å². The molecule has 0 radical (unpaired) electrons. The van der Waals surface area contributed by atoms with Crippen LogP contribution in [0.5, 0.6) is 5.75 Å². The molecule has 1 aromatic heterocycles. The predicted octanol–water partition coefficient (Wildman–Crippen LogP) is 8.05. The fraction of sp³-hybridized carbons (Fsp3) is 0.414. The number of ether oxygens (including phenoxy) is 2. The topological polar surface area (TPSA) is 48.7 Å². The molecule has 0 amide bonds. The molecule has 0 saturated carbocycles. The van der Waals surface area contributed by atoms with Gasteiger partial charge in [0.1, 0.15) is 17.1 Å². The van der Waals surface area contributed by atoms with Gasteiger partial charge in [0.15, 0.2) is 0 Å². The zero-order valence-electron chi connectivity index (χ0n) is 21.0. The normalized spacial score (nSPS) is 12.1. The van der Waals surface area contributed by atoms with Crippen LogP contribution in [0.15, 0.2) is 46.9 Å². The van der Waals surface area contributed by atoms with Crippen molar-refractivity contribution in [2.24, 2.45) is 0 Å². The van der Waals surface area contributed by atoms with Crippen molar-refractivity contribution in [3.8, 4) is 16.9 Å². The molecule has 0 atom stereocenters. The van der Waals surface area contributed by atoms with Crippen LogP contribution in [0.4, 0.5) is 4.39 Å². The molecule has 5 heteroatoms. The van der Waals surface area contributed by atoms with E-state index in [1.807, 2.05) is 31.2 Å². The molecule has 0 aliphatic heterocycles. The molecule has 3 rings (SSSR count). The summed E-state index contributed by atoms with van der Waals surface area (Å²) in [4.78, 5) is 11.9. The minimum Gasteiger partial charge on any atom is -0.493 e. The Bertz CT molecular complexity index is 1170. The van der Waals surface area contributed by atoms with Gasteiger partial charge in [-0.1, -0.05) is 52.0 Å².